The molecule has 0 spiro atoms. The van der Waals surface area contributed by atoms with Gasteiger partial charge in [0.15, 0.2) is 0 Å². The van der Waals surface area contributed by atoms with Crippen molar-refractivity contribution >= 4 is 6.03 Å². The zero-order valence-electron chi connectivity index (χ0n) is 10.1. The maximum atomic E-state index is 12.0. The van der Waals surface area contributed by atoms with Crippen molar-refractivity contribution in [3.8, 4) is 0 Å². The van der Waals surface area contributed by atoms with Gasteiger partial charge in [-0.25, -0.2) is 9.36 Å². The van der Waals surface area contributed by atoms with Crippen LogP contribution in [0.1, 0.15) is 5.56 Å². The fourth-order valence-electron chi connectivity index (χ4n) is 1.69. The summed E-state index contributed by atoms with van der Waals surface area (Å²) in [5.41, 5.74) is 1.12. The molecule has 1 aromatic carbocycles. The SMILES string of the molecule is CN(Cc1ccccc1)C(=O)n1cc[n+](C)c1. The minimum Gasteiger partial charge on any atom is -0.303 e. The summed E-state index contributed by atoms with van der Waals surface area (Å²) < 4.78 is 3.41. The molecule has 0 saturated heterocycles. The molecule has 0 aliphatic heterocycles. The first kappa shape index (κ1) is 11.4. The molecule has 2 rings (SSSR count). The summed E-state index contributed by atoms with van der Waals surface area (Å²) in [7, 11) is 3.69. The largest absolute Gasteiger partial charge is 0.415 e. The molecule has 4 nitrogen and oxygen atoms in total. The fourth-order valence-corrected chi connectivity index (χ4v) is 1.69. The molecule has 2 aromatic rings. The Hall–Kier alpha value is -2.10. The van der Waals surface area contributed by atoms with Crippen molar-refractivity contribution in [1.29, 1.82) is 0 Å². The van der Waals surface area contributed by atoms with Gasteiger partial charge >= 0.3 is 6.03 Å². The van der Waals surface area contributed by atoms with Crippen LogP contribution in [0.25, 0.3) is 0 Å². The number of benzene rings is 1. The third-order valence-electron chi connectivity index (χ3n) is 2.58. The van der Waals surface area contributed by atoms with Gasteiger partial charge in [-0.2, -0.15) is 4.57 Å². The molecule has 0 fully saturated rings. The summed E-state index contributed by atoms with van der Waals surface area (Å²) in [4.78, 5) is 13.7. The van der Waals surface area contributed by atoms with E-state index in [-0.39, 0.29) is 6.03 Å². The Balaban J connectivity index is 2.06. The highest BCUT2D eigenvalue weighted by atomic mass is 16.2. The summed E-state index contributed by atoms with van der Waals surface area (Å²) in [6.07, 6.45) is 5.35. The second-order valence-corrected chi connectivity index (χ2v) is 4.11. The molecule has 0 N–H and O–H groups in total. The Morgan fingerprint density at radius 2 is 2.06 bits per heavy atom. The number of rotatable bonds is 2. The summed E-state index contributed by atoms with van der Waals surface area (Å²) in [6.45, 7) is 0.613. The monoisotopic (exact) mass is 230 g/mol. The molecule has 1 heterocycles. The quantitative estimate of drug-likeness (QED) is 0.717. The first-order valence-corrected chi connectivity index (χ1v) is 5.49. The summed E-state index contributed by atoms with van der Waals surface area (Å²) in [6, 6.07) is 9.91. The predicted molar refractivity (Wildman–Crippen MR) is 64.3 cm³/mol. The number of nitrogens with zero attached hydrogens (tertiary/aromatic N) is 3. The van der Waals surface area contributed by atoms with Crippen LogP contribution in [0.15, 0.2) is 49.1 Å². The summed E-state index contributed by atoms with van der Waals surface area (Å²) in [5.74, 6) is 0. The number of carbonyl (C=O) groups excluding carboxylic acids is 1. The average molecular weight is 230 g/mol. The fraction of sp³-hybridized carbons (Fsp3) is 0.231. The Labute approximate surface area is 101 Å². The lowest BCUT2D eigenvalue weighted by Crippen LogP contribution is -2.32. The van der Waals surface area contributed by atoms with Crippen LogP contribution in [0.5, 0.6) is 0 Å². The van der Waals surface area contributed by atoms with Crippen LogP contribution in [0, 0.1) is 0 Å². The first-order chi connectivity index (χ1) is 8.16. The van der Waals surface area contributed by atoms with Gasteiger partial charge in [-0.3, -0.25) is 0 Å². The lowest BCUT2D eigenvalue weighted by atomic mass is 10.2. The molecule has 0 aliphatic rings. The molecule has 4 heteroatoms. The molecule has 0 unspecified atom stereocenters. The van der Waals surface area contributed by atoms with E-state index in [2.05, 4.69) is 0 Å². The van der Waals surface area contributed by atoms with E-state index in [1.54, 1.807) is 29.0 Å². The minimum atomic E-state index is -0.0329. The van der Waals surface area contributed by atoms with Crippen molar-refractivity contribution in [2.75, 3.05) is 7.05 Å². The molecule has 0 radical (unpaired) electrons. The van der Waals surface area contributed by atoms with Crippen LogP contribution >= 0.6 is 0 Å². The van der Waals surface area contributed by atoms with E-state index in [1.165, 1.54) is 0 Å². The van der Waals surface area contributed by atoms with Crippen LogP contribution < -0.4 is 4.57 Å². The molecule has 1 aromatic heterocycles. The summed E-state index contributed by atoms with van der Waals surface area (Å²) >= 11 is 0. The number of hydrogen-bond acceptors (Lipinski definition) is 1. The number of hydrogen-bond donors (Lipinski definition) is 0. The normalized spacial score (nSPS) is 10.2. The Bertz CT molecular complexity index is 504. The van der Waals surface area contributed by atoms with Crippen LogP contribution in [0.4, 0.5) is 4.79 Å². The highest BCUT2D eigenvalue weighted by molar-refractivity contribution is 5.76. The number of amides is 1. The maximum Gasteiger partial charge on any atom is 0.415 e. The standard InChI is InChI=1S/C13H16N3O/c1-14-8-9-16(11-14)13(17)15(2)10-12-6-4-3-5-7-12/h3-9,11H,10H2,1-2H3/q+1. The van der Waals surface area contributed by atoms with Crippen molar-refractivity contribution in [3.63, 3.8) is 0 Å². The van der Waals surface area contributed by atoms with E-state index < -0.39 is 0 Å². The first-order valence-electron chi connectivity index (χ1n) is 5.49. The minimum absolute atomic E-state index is 0.0329. The van der Waals surface area contributed by atoms with Gasteiger partial charge in [-0.15, -0.1) is 0 Å². The molecular weight excluding hydrogens is 214 g/mol. The van der Waals surface area contributed by atoms with Crippen LogP contribution in [-0.2, 0) is 13.6 Å². The van der Waals surface area contributed by atoms with Gasteiger partial charge in [-0.05, 0) is 5.56 Å². The molecular formula is C13H16N3O+. The van der Waals surface area contributed by atoms with Gasteiger partial charge in [0.25, 0.3) is 6.33 Å². The van der Waals surface area contributed by atoms with Crippen molar-refractivity contribution in [2.24, 2.45) is 7.05 Å². The van der Waals surface area contributed by atoms with Gasteiger partial charge in [0.05, 0.1) is 7.05 Å². The van der Waals surface area contributed by atoms with E-state index in [0.29, 0.717) is 6.54 Å². The van der Waals surface area contributed by atoms with Gasteiger partial charge in [0.2, 0.25) is 0 Å². The van der Waals surface area contributed by atoms with E-state index in [1.807, 2.05) is 48.1 Å². The lowest BCUT2D eigenvalue weighted by molar-refractivity contribution is -0.670. The Morgan fingerprint density at radius 3 is 2.65 bits per heavy atom. The van der Waals surface area contributed by atoms with E-state index in [9.17, 15) is 4.79 Å². The van der Waals surface area contributed by atoms with Gasteiger partial charge < -0.3 is 4.90 Å². The zero-order valence-corrected chi connectivity index (χ0v) is 10.1. The number of carbonyl (C=O) groups is 1. The van der Waals surface area contributed by atoms with Gasteiger partial charge in [0, 0.05) is 13.6 Å². The second-order valence-electron chi connectivity index (χ2n) is 4.11. The number of aryl methyl sites for hydroxylation is 1. The zero-order chi connectivity index (χ0) is 12.3. The van der Waals surface area contributed by atoms with Crippen LogP contribution in [0.3, 0.4) is 0 Å². The average Bonchev–Trinajstić information content (AvgIpc) is 2.76. The smallest absolute Gasteiger partial charge is 0.303 e. The molecule has 1 amide bonds. The van der Waals surface area contributed by atoms with Crippen molar-refractivity contribution < 1.29 is 9.36 Å². The highest BCUT2D eigenvalue weighted by Gasteiger charge is 2.16. The predicted octanol–water partition coefficient (Wildman–Crippen LogP) is 1.41. The van der Waals surface area contributed by atoms with Crippen LogP contribution in [0.2, 0.25) is 0 Å². The van der Waals surface area contributed by atoms with Gasteiger partial charge in [0.1, 0.15) is 12.4 Å². The molecule has 88 valence electrons. The van der Waals surface area contributed by atoms with E-state index >= 15 is 0 Å². The highest BCUT2D eigenvalue weighted by Crippen LogP contribution is 2.04. The van der Waals surface area contributed by atoms with E-state index in [0.717, 1.165) is 5.56 Å². The summed E-state index contributed by atoms with van der Waals surface area (Å²) in [5, 5.41) is 0. The maximum absolute atomic E-state index is 12.0. The molecule has 0 atom stereocenters. The van der Waals surface area contributed by atoms with Gasteiger partial charge in [-0.1, -0.05) is 30.3 Å². The Morgan fingerprint density at radius 1 is 1.35 bits per heavy atom. The van der Waals surface area contributed by atoms with Crippen LogP contribution in [-0.4, -0.2) is 22.5 Å². The topological polar surface area (TPSA) is 29.1 Å². The Kier molecular flexibility index (Phi) is 3.23. The van der Waals surface area contributed by atoms with E-state index in [4.69, 9.17) is 0 Å². The number of imidazole rings is 1. The lowest BCUT2D eigenvalue weighted by Gasteiger charge is -2.13. The second kappa shape index (κ2) is 4.82. The van der Waals surface area contributed by atoms with Crippen molar-refractivity contribution in [1.82, 2.24) is 9.47 Å². The third-order valence-corrected chi connectivity index (χ3v) is 2.58. The third kappa shape index (κ3) is 2.72. The molecule has 0 saturated carbocycles. The van der Waals surface area contributed by atoms with Crippen molar-refractivity contribution in [3.05, 3.63) is 54.6 Å². The molecule has 17 heavy (non-hydrogen) atoms. The number of aromatic nitrogens is 2. The molecule has 0 bridgehead atoms. The van der Waals surface area contributed by atoms with Crippen molar-refractivity contribution in [2.45, 2.75) is 6.54 Å². The molecule has 0 aliphatic carbocycles.